The zero-order valence-corrected chi connectivity index (χ0v) is 16.7. The van der Waals surface area contributed by atoms with Crippen LogP contribution in [0.2, 0.25) is 0 Å². The predicted molar refractivity (Wildman–Crippen MR) is 112 cm³/mol. The number of nitrogens with zero attached hydrogens (tertiary/aromatic N) is 2. The summed E-state index contributed by atoms with van der Waals surface area (Å²) in [5.74, 6) is 0.255. The molecule has 0 heterocycles. The first-order valence-electron chi connectivity index (χ1n) is 9.57. The smallest absolute Gasteiger partial charge is 0.317 e. The van der Waals surface area contributed by atoms with E-state index < -0.39 is 0 Å². The van der Waals surface area contributed by atoms with Crippen molar-refractivity contribution in [2.45, 2.75) is 25.9 Å². The molecule has 1 fully saturated rings. The molecule has 0 bridgehead atoms. The fourth-order valence-corrected chi connectivity index (χ4v) is 2.91. The van der Waals surface area contributed by atoms with Crippen molar-refractivity contribution < 1.29 is 9.59 Å². The Morgan fingerprint density at radius 3 is 2.36 bits per heavy atom. The number of anilines is 2. The van der Waals surface area contributed by atoms with Gasteiger partial charge in [0, 0.05) is 51.5 Å². The monoisotopic (exact) mass is 380 g/mol. The van der Waals surface area contributed by atoms with Gasteiger partial charge in [0.05, 0.1) is 0 Å². The van der Waals surface area contributed by atoms with Gasteiger partial charge in [0.15, 0.2) is 0 Å². The first kappa shape index (κ1) is 19.7. The zero-order chi connectivity index (χ0) is 20.1. The van der Waals surface area contributed by atoms with Crippen molar-refractivity contribution >= 4 is 23.3 Å². The topological polar surface area (TPSA) is 64.7 Å². The molecule has 0 atom stereocenters. The number of nitrogens with one attached hydrogen (secondary N) is 2. The van der Waals surface area contributed by atoms with E-state index in [0.717, 1.165) is 35.3 Å². The van der Waals surface area contributed by atoms with Crippen molar-refractivity contribution in [3.05, 3.63) is 59.7 Å². The summed E-state index contributed by atoms with van der Waals surface area (Å²) in [5, 5.41) is 5.86. The minimum Gasteiger partial charge on any atom is -0.378 e. The lowest BCUT2D eigenvalue weighted by molar-refractivity contribution is -0.117. The van der Waals surface area contributed by atoms with Gasteiger partial charge in [-0.15, -0.1) is 0 Å². The van der Waals surface area contributed by atoms with Crippen LogP contribution in [0, 0.1) is 5.92 Å². The van der Waals surface area contributed by atoms with Gasteiger partial charge in [0.2, 0.25) is 5.91 Å². The molecule has 2 aromatic carbocycles. The predicted octanol–water partition coefficient (Wildman–Crippen LogP) is 3.44. The lowest BCUT2D eigenvalue weighted by atomic mass is 10.2. The number of urea groups is 1. The van der Waals surface area contributed by atoms with Gasteiger partial charge in [-0.25, -0.2) is 4.79 Å². The third kappa shape index (κ3) is 5.49. The number of rotatable bonds is 7. The first-order chi connectivity index (χ1) is 13.4. The second kappa shape index (κ2) is 8.78. The van der Waals surface area contributed by atoms with E-state index >= 15 is 0 Å². The SMILES string of the molecule is CN(Cc1ccc(N(C)C)cc1)C(=O)NCc1cccc(NC(=O)C2CC2)c1. The first-order valence-corrected chi connectivity index (χ1v) is 9.57. The fraction of sp³-hybridized carbons (Fsp3) is 0.364. The van der Waals surface area contributed by atoms with Gasteiger partial charge < -0.3 is 20.4 Å². The minimum absolute atomic E-state index is 0.0844. The van der Waals surface area contributed by atoms with Crippen LogP contribution in [-0.4, -0.2) is 38.0 Å². The molecule has 6 heteroatoms. The molecule has 148 valence electrons. The van der Waals surface area contributed by atoms with Crippen LogP contribution >= 0.6 is 0 Å². The highest BCUT2D eigenvalue weighted by Crippen LogP contribution is 2.30. The molecule has 2 N–H and O–H groups in total. The summed E-state index contributed by atoms with van der Waals surface area (Å²) in [6, 6.07) is 15.6. The third-order valence-corrected chi connectivity index (χ3v) is 4.81. The molecule has 0 radical (unpaired) electrons. The summed E-state index contributed by atoms with van der Waals surface area (Å²) in [4.78, 5) is 28.0. The highest BCUT2D eigenvalue weighted by Gasteiger charge is 2.29. The number of carbonyl (C=O) groups is 2. The average molecular weight is 380 g/mol. The Hall–Kier alpha value is -3.02. The van der Waals surface area contributed by atoms with E-state index in [0.29, 0.717) is 13.1 Å². The Morgan fingerprint density at radius 1 is 1.00 bits per heavy atom. The van der Waals surface area contributed by atoms with Crippen molar-refractivity contribution in [2.75, 3.05) is 31.4 Å². The molecule has 1 aliphatic rings. The molecule has 1 saturated carbocycles. The summed E-state index contributed by atoms with van der Waals surface area (Å²) in [7, 11) is 5.78. The Labute approximate surface area is 166 Å². The van der Waals surface area contributed by atoms with Crippen LogP contribution in [0.25, 0.3) is 0 Å². The standard InChI is InChI=1S/C22H28N4O2/c1-25(2)20-11-7-16(8-12-20)15-26(3)22(28)23-14-17-5-4-6-19(13-17)24-21(27)18-9-10-18/h4-8,11-13,18H,9-10,14-15H2,1-3H3,(H,23,28)(H,24,27). The lowest BCUT2D eigenvalue weighted by Crippen LogP contribution is -2.36. The number of carbonyl (C=O) groups excluding carboxylic acids is 2. The molecule has 0 aliphatic heterocycles. The van der Waals surface area contributed by atoms with Crippen molar-refractivity contribution in [3.63, 3.8) is 0 Å². The van der Waals surface area contributed by atoms with Crippen LogP contribution < -0.4 is 15.5 Å². The molecule has 0 unspecified atom stereocenters. The highest BCUT2D eigenvalue weighted by atomic mass is 16.2. The largest absolute Gasteiger partial charge is 0.378 e. The number of benzene rings is 2. The van der Waals surface area contributed by atoms with Gasteiger partial charge >= 0.3 is 6.03 Å². The van der Waals surface area contributed by atoms with Crippen LogP contribution in [0.1, 0.15) is 24.0 Å². The molecular weight excluding hydrogens is 352 g/mol. The van der Waals surface area contributed by atoms with E-state index in [2.05, 4.69) is 10.6 Å². The zero-order valence-electron chi connectivity index (χ0n) is 16.7. The summed E-state index contributed by atoms with van der Waals surface area (Å²) < 4.78 is 0. The van der Waals surface area contributed by atoms with Crippen molar-refractivity contribution in [1.29, 1.82) is 0 Å². The quantitative estimate of drug-likeness (QED) is 0.773. The molecule has 3 rings (SSSR count). The number of hydrogen-bond acceptors (Lipinski definition) is 3. The van der Waals surface area contributed by atoms with Crippen LogP contribution in [0.5, 0.6) is 0 Å². The second-order valence-electron chi connectivity index (χ2n) is 7.54. The molecule has 0 spiro atoms. The average Bonchev–Trinajstić information content (AvgIpc) is 3.52. The van der Waals surface area contributed by atoms with Crippen molar-refractivity contribution in [3.8, 4) is 0 Å². The third-order valence-electron chi connectivity index (χ3n) is 4.81. The summed E-state index contributed by atoms with van der Waals surface area (Å²) in [5.41, 5.74) is 3.93. The van der Waals surface area contributed by atoms with E-state index in [1.54, 1.807) is 11.9 Å². The summed E-state index contributed by atoms with van der Waals surface area (Å²) in [6.07, 6.45) is 1.96. The Balaban J connectivity index is 1.49. The van der Waals surface area contributed by atoms with Crippen molar-refractivity contribution in [1.82, 2.24) is 10.2 Å². The number of amides is 3. The highest BCUT2D eigenvalue weighted by molar-refractivity contribution is 5.94. The normalized spacial score (nSPS) is 13.0. The van der Waals surface area contributed by atoms with Crippen LogP contribution in [0.4, 0.5) is 16.2 Å². The molecule has 1 aliphatic carbocycles. The van der Waals surface area contributed by atoms with Gasteiger partial charge in [-0.2, -0.15) is 0 Å². The van der Waals surface area contributed by atoms with Crippen LogP contribution in [-0.2, 0) is 17.9 Å². The van der Waals surface area contributed by atoms with Gasteiger partial charge in [-0.1, -0.05) is 24.3 Å². The molecule has 3 amide bonds. The van der Waals surface area contributed by atoms with E-state index in [4.69, 9.17) is 0 Å². The van der Waals surface area contributed by atoms with Crippen molar-refractivity contribution in [2.24, 2.45) is 5.92 Å². The van der Waals surface area contributed by atoms with Crippen LogP contribution in [0.15, 0.2) is 48.5 Å². The van der Waals surface area contributed by atoms with E-state index in [9.17, 15) is 9.59 Å². The van der Waals surface area contributed by atoms with E-state index in [-0.39, 0.29) is 17.9 Å². The molecule has 0 saturated heterocycles. The molecule has 6 nitrogen and oxygen atoms in total. The van der Waals surface area contributed by atoms with Gasteiger partial charge in [0.1, 0.15) is 0 Å². The maximum absolute atomic E-state index is 12.4. The second-order valence-corrected chi connectivity index (χ2v) is 7.54. The molecule has 0 aromatic heterocycles. The minimum atomic E-state index is -0.135. The van der Waals surface area contributed by atoms with Gasteiger partial charge in [-0.3, -0.25) is 4.79 Å². The Morgan fingerprint density at radius 2 is 1.71 bits per heavy atom. The summed E-state index contributed by atoms with van der Waals surface area (Å²) in [6.45, 7) is 0.951. The van der Waals surface area contributed by atoms with Gasteiger partial charge in [0.25, 0.3) is 0 Å². The fourth-order valence-electron chi connectivity index (χ4n) is 2.91. The van der Waals surface area contributed by atoms with Gasteiger partial charge in [-0.05, 0) is 48.2 Å². The van der Waals surface area contributed by atoms with E-state index in [1.807, 2.05) is 67.5 Å². The Bertz CT molecular complexity index is 829. The molecular formula is C22H28N4O2. The molecule has 28 heavy (non-hydrogen) atoms. The lowest BCUT2D eigenvalue weighted by Gasteiger charge is -2.19. The summed E-state index contributed by atoms with van der Waals surface area (Å²) >= 11 is 0. The van der Waals surface area contributed by atoms with Crippen LogP contribution in [0.3, 0.4) is 0 Å². The number of hydrogen-bond donors (Lipinski definition) is 2. The maximum Gasteiger partial charge on any atom is 0.317 e. The Kier molecular flexibility index (Phi) is 6.19. The maximum atomic E-state index is 12.4. The van der Waals surface area contributed by atoms with E-state index in [1.165, 1.54) is 0 Å². The molecule has 2 aromatic rings.